The van der Waals surface area contributed by atoms with Crippen molar-refractivity contribution in [3.05, 3.63) is 70.2 Å². The molecule has 0 fully saturated rings. The zero-order valence-electron chi connectivity index (χ0n) is 10.7. The lowest BCUT2D eigenvalue weighted by Crippen LogP contribution is -2.00. The minimum Gasteiger partial charge on any atom is -0.478 e. The molecule has 0 aliphatic heterocycles. The summed E-state index contributed by atoms with van der Waals surface area (Å²) in [5, 5.41) is 8.38. The molecule has 1 N–H and O–H groups in total. The van der Waals surface area contributed by atoms with E-state index in [0.29, 0.717) is 11.1 Å². The maximum Gasteiger partial charge on any atom is 0.337 e. The minimum atomic E-state index is -0.879. The average Bonchev–Trinajstić information content (AvgIpc) is 2.48. The number of ether oxygens (including phenoxy) is 1. The molecule has 0 atom stereocenters. The molecule has 0 heterocycles. The van der Waals surface area contributed by atoms with E-state index in [1.165, 1.54) is 7.11 Å². The molecule has 0 spiro atoms. The van der Waals surface area contributed by atoms with E-state index in [1.807, 2.05) is 6.07 Å². The fourth-order valence-corrected chi connectivity index (χ4v) is 1.71. The summed E-state index contributed by atoms with van der Waals surface area (Å²) in [4.78, 5) is 21.1. The molecular weight excluding hydrogens is 324 g/mol. The largest absolute Gasteiger partial charge is 0.478 e. The maximum absolute atomic E-state index is 10.9. The predicted molar refractivity (Wildman–Crippen MR) is 78.9 cm³/mol. The molecule has 0 unspecified atom stereocenters. The van der Waals surface area contributed by atoms with Gasteiger partial charge in [0, 0.05) is 4.47 Å². The van der Waals surface area contributed by atoms with Crippen molar-refractivity contribution < 1.29 is 19.4 Å². The molecule has 0 amide bonds. The van der Waals surface area contributed by atoms with Gasteiger partial charge in [-0.25, -0.2) is 9.59 Å². The number of methoxy groups -OCH3 is 1. The second-order valence-corrected chi connectivity index (χ2v) is 4.59. The van der Waals surface area contributed by atoms with Crippen LogP contribution >= 0.6 is 15.9 Å². The lowest BCUT2D eigenvalue weighted by Gasteiger charge is -1.97. The van der Waals surface area contributed by atoms with Crippen LogP contribution in [-0.2, 0) is 4.74 Å². The third-order valence-corrected chi connectivity index (χ3v) is 2.76. The number of benzene rings is 2. The number of esters is 1. The fraction of sp³-hybridized carbons (Fsp3) is 0.0667. The number of carbonyl (C=O) groups is 2. The van der Waals surface area contributed by atoms with E-state index >= 15 is 0 Å². The zero-order valence-corrected chi connectivity index (χ0v) is 12.3. The summed E-state index contributed by atoms with van der Waals surface area (Å²) in [5.41, 5.74) is 0.888. The molecular formula is C15H13BrO4. The van der Waals surface area contributed by atoms with Crippen molar-refractivity contribution in [1.82, 2.24) is 0 Å². The molecule has 0 saturated carbocycles. The molecule has 0 aliphatic rings. The van der Waals surface area contributed by atoms with Gasteiger partial charge in [-0.15, -0.1) is 0 Å². The maximum atomic E-state index is 10.9. The number of hydrogen-bond acceptors (Lipinski definition) is 3. The third-order valence-electron chi connectivity index (χ3n) is 2.27. The van der Waals surface area contributed by atoms with Crippen molar-refractivity contribution >= 4 is 27.9 Å². The highest BCUT2D eigenvalue weighted by Crippen LogP contribution is 2.11. The first-order valence-electron chi connectivity index (χ1n) is 5.67. The van der Waals surface area contributed by atoms with E-state index in [9.17, 15) is 9.59 Å². The van der Waals surface area contributed by atoms with Crippen molar-refractivity contribution in [2.45, 2.75) is 0 Å². The van der Waals surface area contributed by atoms with Gasteiger partial charge in [-0.1, -0.05) is 40.2 Å². The van der Waals surface area contributed by atoms with E-state index in [2.05, 4.69) is 20.7 Å². The number of carbonyl (C=O) groups excluding carboxylic acids is 1. The molecule has 2 aromatic carbocycles. The Kier molecular flexibility index (Phi) is 6.46. The van der Waals surface area contributed by atoms with Crippen molar-refractivity contribution in [3.63, 3.8) is 0 Å². The summed E-state index contributed by atoms with van der Waals surface area (Å²) in [7, 11) is 1.36. The average molecular weight is 337 g/mol. The summed E-state index contributed by atoms with van der Waals surface area (Å²) in [6, 6.07) is 15.4. The van der Waals surface area contributed by atoms with E-state index in [4.69, 9.17) is 5.11 Å². The molecule has 20 heavy (non-hydrogen) atoms. The molecule has 2 aromatic rings. The fourth-order valence-electron chi connectivity index (χ4n) is 1.31. The second kappa shape index (κ2) is 8.12. The Morgan fingerprint density at radius 3 is 2.05 bits per heavy atom. The predicted octanol–water partition coefficient (Wildman–Crippen LogP) is 3.62. The van der Waals surface area contributed by atoms with E-state index < -0.39 is 5.97 Å². The van der Waals surface area contributed by atoms with Gasteiger partial charge in [-0.3, -0.25) is 0 Å². The van der Waals surface area contributed by atoms with Gasteiger partial charge in [0.25, 0.3) is 0 Å². The number of carboxylic acid groups (broad SMARTS) is 1. The summed E-state index contributed by atoms with van der Waals surface area (Å²) < 4.78 is 5.41. The molecule has 104 valence electrons. The van der Waals surface area contributed by atoms with Crippen LogP contribution in [0.25, 0.3) is 0 Å². The first-order chi connectivity index (χ1) is 9.54. The van der Waals surface area contributed by atoms with Crippen LogP contribution in [0.1, 0.15) is 20.7 Å². The van der Waals surface area contributed by atoms with Crippen molar-refractivity contribution in [1.29, 1.82) is 0 Å². The minimum absolute atomic E-state index is 0.314. The molecule has 0 aliphatic carbocycles. The number of aromatic carboxylic acids is 1. The van der Waals surface area contributed by atoms with Gasteiger partial charge >= 0.3 is 11.9 Å². The molecule has 0 bridgehead atoms. The summed E-state index contributed by atoms with van der Waals surface area (Å²) in [6.07, 6.45) is 0. The number of halogens is 1. The summed E-state index contributed by atoms with van der Waals surface area (Å²) in [6.45, 7) is 0. The van der Waals surface area contributed by atoms with Crippen LogP contribution in [0.2, 0.25) is 0 Å². The quantitative estimate of drug-likeness (QED) is 0.850. The highest BCUT2D eigenvalue weighted by molar-refractivity contribution is 9.10. The van der Waals surface area contributed by atoms with Crippen molar-refractivity contribution in [2.75, 3.05) is 7.11 Å². The normalized spacial score (nSPS) is 9.10. The summed E-state index contributed by atoms with van der Waals surface area (Å²) in [5.74, 6) is -1.19. The SMILES string of the molecule is COC(=O)c1cccc(Br)c1.O=C(O)c1ccccc1. The molecule has 0 radical (unpaired) electrons. The van der Waals surface area contributed by atoms with Crippen molar-refractivity contribution in [3.8, 4) is 0 Å². The van der Waals surface area contributed by atoms with Gasteiger partial charge in [0.15, 0.2) is 0 Å². The third kappa shape index (κ3) is 5.24. The molecule has 4 nitrogen and oxygen atoms in total. The Balaban J connectivity index is 0.000000204. The van der Waals surface area contributed by atoms with Crippen LogP contribution in [0.4, 0.5) is 0 Å². The van der Waals surface area contributed by atoms with Gasteiger partial charge in [-0.05, 0) is 30.3 Å². The highest BCUT2D eigenvalue weighted by atomic mass is 79.9. The number of rotatable bonds is 2. The molecule has 0 aromatic heterocycles. The lowest BCUT2D eigenvalue weighted by molar-refractivity contribution is 0.0599. The van der Waals surface area contributed by atoms with E-state index in [0.717, 1.165) is 4.47 Å². The van der Waals surface area contributed by atoms with Crippen LogP contribution in [0.5, 0.6) is 0 Å². The molecule has 0 saturated heterocycles. The Morgan fingerprint density at radius 2 is 1.60 bits per heavy atom. The van der Waals surface area contributed by atoms with Gasteiger partial charge in [0.05, 0.1) is 18.2 Å². The van der Waals surface area contributed by atoms with Gasteiger partial charge in [-0.2, -0.15) is 0 Å². The van der Waals surface area contributed by atoms with Crippen LogP contribution < -0.4 is 0 Å². The zero-order chi connectivity index (χ0) is 15.0. The topological polar surface area (TPSA) is 63.6 Å². The smallest absolute Gasteiger partial charge is 0.337 e. The Morgan fingerprint density at radius 1 is 1.00 bits per heavy atom. The van der Waals surface area contributed by atoms with Gasteiger partial charge < -0.3 is 9.84 Å². The Bertz CT molecular complexity index is 581. The molecule has 5 heteroatoms. The van der Waals surface area contributed by atoms with E-state index in [1.54, 1.807) is 48.5 Å². The lowest BCUT2D eigenvalue weighted by atomic mass is 10.2. The first-order valence-corrected chi connectivity index (χ1v) is 6.46. The van der Waals surface area contributed by atoms with Crippen LogP contribution in [-0.4, -0.2) is 24.2 Å². The standard InChI is InChI=1S/C8H7BrO2.C7H6O2/c1-11-8(10)6-3-2-4-7(9)5-6;8-7(9)6-4-2-1-3-5-6/h2-5H,1H3;1-5H,(H,8,9). The van der Waals surface area contributed by atoms with Crippen LogP contribution in [0.15, 0.2) is 59.1 Å². The van der Waals surface area contributed by atoms with Gasteiger partial charge in [0.2, 0.25) is 0 Å². The van der Waals surface area contributed by atoms with Crippen LogP contribution in [0, 0.1) is 0 Å². The van der Waals surface area contributed by atoms with E-state index in [-0.39, 0.29) is 5.97 Å². The first kappa shape index (κ1) is 15.9. The summed E-state index contributed by atoms with van der Waals surface area (Å²) >= 11 is 3.25. The van der Waals surface area contributed by atoms with Crippen molar-refractivity contribution in [2.24, 2.45) is 0 Å². The monoisotopic (exact) mass is 336 g/mol. The van der Waals surface area contributed by atoms with Gasteiger partial charge in [0.1, 0.15) is 0 Å². The Labute approximate surface area is 125 Å². The molecule has 2 rings (SSSR count). The number of hydrogen-bond donors (Lipinski definition) is 1. The highest BCUT2D eigenvalue weighted by Gasteiger charge is 2.03. The Hall–Kier alpha value is -2.14. The second-order valence-electron chi connectivity index (χ2n) is 3.67. The van der Waals surface area contributed by atoms with Crippen LogP contribution in [0.3, 0.4) is 0 Å². The number of carboxylic acids is 1.